The van der Waals surface area contributed by atoms with E-state index in [1.54, 1.807) is 66.7 Å². The van der Waals surface area contributed by atoms with Crippen LogP contribution in [0.2, 0.25) is 0 Å². The second-order valence-electron chi connectivity index (χ2n) is 8.62. The summed E-state index contributed by atoms with van der Waals surface area (Å²) in [6, 6.07) is 26.8. The highest BCUT2D eigenvalue weighted by atomic mass is 19.1. The summed E-state index contributed by atoms with van der Waals surface area (Å²) in [5, 5.41) is 0.881. The van der Waals surface area contributed by atoms with Gasteiger partial charge in [-0.05, 0) is 72.8 Å². The number of halogens is 2. The molecule has 0 atom stereocenters. The van der Waals surface area contributed by atoms with Crippen LogP contribution in [-0.4, -0.2) is 20.6 Å². The predicted molar refractivity (Wildman–Crippen MR) is 142 cm³/mol. The van der Waals surface area contributed by atoms with Crippen molar-refractivity contribution in [1.82, 2.24) is 14.6 Å². The zero-order chi connectivity index (χ0) is 26.2. The van der Waals surface area contributed by atoms with Crippen LogP contribution < -0.4 is 11.0 Å². The molecule has 1 amide bonds. The number of nitrogens with one attached hydrogen (secondary N) is 1. The van der Waals surface area contributed by atoms with E-state index in [-0.39, 0.29) is 17.2 Å². The summed E-state index contributed by atoms with van der Waals surface area (Å²) in [6.45, 7) is 0. The average Bonchev–Trinajstić information content (AvgIpc) is 2.94. The third-order valence-electron chi connectivity index (χ3n) is 6.19. The van der Waals surface area contributed by atoms with Crippen molar-refractivity contribution >= 4 is 27.7 Å². The Balaban J connectivity index is 1.52. The Morgan fingerprint density at radius 3 is 1.89 bits per heavy atom. The number of benzene rings is 4. The molecule has 1 N–H and O–H groups in total. The van der Waals surface area contributed by atoms with Gasteiger partial charge in [0, 0.05) is 16.5 Å². The van der Waals surface area contributed by atoms with Crippen LogP contribution in [0.25, 0.3) is 44.5 Å². The van der Waals surface area contributed by atoms with Crippen molar-refractivity contribution in [3.63, 3.8) is 0 Å². The van der Waals surface area contributed by atoms with Crippen LogP contribution in [0.3, 0.4) is 0 Å². The Bertz CT molecular complexity index is 1900. The highest BCUT2D eigenvalue weighted by Crippen LogP contribution is 2.26. The predicted octanol–water partition coefficient (Wildman–Crippen LogP) is 5.94. The lowest BCUT2D eigenvalue weighted by molar-refractivity contribution is 0.101. The van der Waals surface area contributed by atoms with Crippen molar-refractivity contribution in [1.29, 1.82) is 0 Å². The number of para-hydroxylation sites is 2. The van der Waals surface area contributed by atoms with E-state index in [1.165, 1.54) is 36.4 Å². The van der Waals surface area contributed by atoms with Crippen LogP contribution in [0.5, 0.6) is 0 Å². The summed E-state index contributed by atoms with van der Waals surface area (Å²) in [7, 11) is 0. The molecule has 0 aliphatic rings. The maximum Gasteiger partial charge on any atom is 0.280 e. The minimum atomic E-state index is -0.575. The normalized spacial score (nSPS) is 11.1. The molecule has 0 spiro atoms. The number of amides is 1. The van der Waals surface area contributed by atoms with E-state index < -0.39 is 17.3 Å². The molecule has 8 heteroatoms. The summed E-state index contributed by atoms with van der Waals surface area (Å²) < 4.78 is 28.2. The fourth-order valence-electron chi connectivity index (χ4n) is 4.32. The van der Waals surface area contributed by atoms with E-state index in [0.29, 0.717) is 38.6 Å². The van der Waals surface area contributed by atoms with Gasteiger partial charge in [-0.2, -0.15) is 4.68 Å². The summed E-state index contributed by atoms with van der Waals surface area (Å²) >= 11 is 0. The largest absolute Gasteiger partial charge is 0.280 e. The molecule has 0 unspecified atom stereocenters. The number of fused-ring (bicyclic) bond motifs is 2. The van der Waals surface area contributed by atoms with Crippen LogP contribution >= 0.6 is 0 Å². The van der Waals surface area contributed by atoms with Crippen LogP contribution in [0, 0.1) is 11.6 Å². The van der Waals surface area contributed by atoms with Gasteiger partial charge in [-0.15, -0.1) is 0 Å². The average molecular weight is 504 g/mol. The molecule has 184 valence electrons. The highest BCUT2D eigenvalue weighted by Gasteiger charge is 2.19. The van der Waals surface area contributed by atoms with Crippen molar-refractivity contribution in [2.24, 2.45) is 0 Å². The lowest BCUT2D eigenvalue weighted by atomic mass is 10.0. The Morgan fingerprint density at radius 1 is 0.684 bits per heavy atom. The number of carbonyl (C=O) groups excluding carboxylic acids is 1. The van der Waals surface area contributed by atoms with E-state index in [1.807, 2.05) is 0 Å². The minimum Gasteiger partial charge on any atom is -0.267 e. The van der Waals surface area contributed by atoms with E-state index in [2.05, 4.69) is 15.4 Å². The molecule has 2 heterocycles. The first-order valence-electron chi connectivity index (χ1n) is 11.7. The first-order valence-corrected chi connectivity index (χ1v) is 11.7. The standard InChI is InChI=1S/C30H18F2N4O2/c31-20-13-9-18(10-14-20)27-17-24(22-5-1-3-7-25(22)33-27)29(37)35-36-28(19-11-15-21(32)16-12-19)34-26-8-4-2-6-23(26)30(36)38/h1-17H,(H,35,37). The van der Waals surface area contributed by atoms with Gasteiger partial charge in [-0.1, -0.05) is 30.3 Å². The second kappa shape index (κ2) is 9.33. The molecule has 4 aromatic carbocycles. The Labute approximate surface area is 214 Å². The third-order valence-corrected chi connectivity index (χ3v) is 6.19. The van der Waals surface area contributed by atoms with Gasteiger partial charge in [0.05, 0.1) is 27.7 Å². The summed E-state index contributed by atoms with van der Waals surface area (Å²) in [5.41, 5.74) is 5.02. The molecule has 6 aromatic rings. The summed E-state index contributed by atoms with van der Waals surface area (Å²) in [4.78, 5) is 36.5. The van der Waals surface area contributed by atoms with Gasteiger partial charge in [0.25, 0.3) is 11.5 Å². The molecule has 0 bridgehead atoms. The fourth-order valence-corrected chi connectivity index (χ4v) is 4.32. The Morgan fingerprint density at radius 2 is 1.24 bits per heavy atom. The van der Waals surface area contributed by atoms with Crippen LogP contribution in [-0.2, 0) is 0 Å². The fraction of sp³-hybridized carbons (Fsp3) is 0. The molecular weight excluding hydrogens is 486 g/mol. The highest BCUT2D eigenvalue weighted by molar-refractivity contribution is 6.10. The number of hydrogen-bond donors (Lipinski definition) is 1. The zero-order valence-corrected chi connectivity index (χ0v) is 19.7. The number of hydrogen-bond acceptors (Lipinski definition) is 4. The number of rotatable bonds is 4. The topological polar surface area (TPSA) is 76.9 Å². The van der Waals surface area contributed by atoms with Gasteiger partial charge < -0.3 is 0 Å². The first kappa shape index (κ1) is 23.2. The van der Waals surface area contributed by atoms with E-state index >= 15 is 0 Å². The molecule has 0 saturated heterocycles. The van der Waals surface area contributed by atoms with Crippen molar-refractivity contribution in [2.45, 2.75) is 0 Å². The van der Waals surface area contributed by atoms with Crippen LogP contribution in [0.4, 0.5) is 8.78 Å². The maximum absolute atomic E-state index is 13.7. The minimum absolute atomic E-state index is 0.152. The SMILES string of the molecule is O=C(Nn1c(-c2ccc(F)cc2)nc2ccccc2c1=O)c1cc(-c2ccc(F)cc2)nc2ccccc12. The van der Waals surface area contributed by atoms with Crippen LogP contribution in [0.1, 0.15) is 10.4 Å². The van der Waals surface area contributed by atoms with E-state index in [9.17, 15) is 18.4 Å². The maximum atomic E-state index is 13.7. The lowest BCUT2D eigenvalue weighted by Crippen LogP contribution is -2.35. The first-order chi connectivity index (χ1) is 18.5. The molecule has 6 rings (SSSR count). The van der Waals surface area contributed by atoms with Crippen LogP contribution in [0.15, 0.2) is 108 Å². The van der Waals surface area contributed by atoms with Crippen molar-refractivity contribution in [3.05, 3.63) is 131 Å². The molecule has 0 radical (unpaired) electrons. The summed E-state index contributed by atoms with van der Waals surface area (Å²) in [5.74, 6) is -1.25. The van der Waals surface area contributed by atoms with Gasteiger partial charge in [-0.3, -0.25) is 15.0 Å². The van der Waals surface area contributed by atoms with Crippen molar-refractivity contribution in [3.8, 4) is 22.6 Å². The van der Waals surface area contributed by atoms with Crippen molar-refractivity contribution in [2.75, 3.05) is 5.43 Å². The monoisotopic (exact) mass is 504 g/mol. The second-order valence-corrected chi connectivity index (χ2v) is 8.62. The van der Waals surface area contributed by atoms with E-state index in [4.69, 9.17) is 0 Å². The number of aromatic nitrogens is 3. The smallest absolute Gasteiger partial charge is 0.267 e. The van der Waals surface area contributed by atoms with Gasteiger partial charge in [0.15, 0.2) is 5.82 Å². The van der Waals surface area contributed by atoms with Gasteiger partial charge in [-0.25, -0.2) is 18.7 Å². The molecule has 2 aromatic heterocycles. The molecule has 0 aliphatic carbocycles. The third kappa shape index (κ3) is 4.18. The zero-order valence-electron chi connectivity index (χ0n) is 19.7. The molecule has 0 aliphatic heterocycles. The molecule has 0 saturated carbocycles. The van der Waals surface area contributed by atoms with E-state index in [0.717, 1.165) is 4.68 Å². The lowest BCUT2D eigenvalue weighted by Gasteiger charge is -2.16. The summed E-state index contributed by atoms with van der Waals surface area (Å²) in [6.07, 6.45) is 0. The molecule has 0 fully saturated rings. The number of nitrogens with zero attached hydrogens (tertiary/aromatic N) is 3. The molecule has 38 heavy (non-hydrogen) atoms. The quantitative estimate of drug-likeness (QED) is 0.322. The Kier molecular flexibility index (Phi) is 5.69. The Hall–Kier alpha value is -5.24. The van der Waals surface area contributed by atoms with Gasteiger partial charge in [0.1, 0.15) is 11.6 Å². The number of carbonyl (C=O) groups is 1. The molecular formula is C30H18F2N4O2. The van der Waals surface area contributed by atoms with Gasteiger partial charge in [0.2, 0.25) is 0 Å². The van der Waals surface area contributed by atoms with Gasteiger partial charge >= 0.3 is 0 Å². The van der Waals surface area contributed by atoms with Crippen molar-refractivity contribution < 1.29 is 13.6 Å². The number of pyridine rings is 1. The molecule has 6 nitrogen and oxygen atoms in total.